The Bertz CT molecular complexity index is 889. The lowest BCUT2D eigenvalue weighted by molar-refractivity contribution is -0.384. The third-order valence-corrected chi connectivity index (χ3v) is 4.18. The first kappa shape index (κ1) is 17.5. The third kappa shape index (κ3) is 3.54. The number of benzene rings is 2. The monoisotopic (exact) mass is 353 g/mol. The normalized spacial score (nSPS) is 14.9. The molecule has 0 spiro atoms. The molecule has 0 amide bonds. The average molecular weight is 353 g/mol. The van der Waals surface area contributed by atoms with E-state index in [2.05, 4.69) is 5.32 Å². The van der Waals surface area contributed by atoms with Gasteiger partial charge in [0.05, 0.1) is 22.8 Å². The number of ether oxygens (including phenoxy) is 2. The van der Waals surface area contributed by atoms with E-state index in [-0.39, 0.29) is 17.4 Å². The standard InChI is InChI=1S/C19H19N3O4/c1-3-25-18-8-13-6-12(2)26-19(13)9-15(18)11-21-17-5-4-16(22(23)24)7-14(17)10-20/h4-5,7-9,12,21H,3,6,11H2,1-2H3/t12-/m0/s1. The number of nitro groups is 1. The van der Waals surface area contributed by atoms with Crippen LogP contribution in [0.1, 0.15) is 30.5 Å². The number of hydrogen-bond donors (Lipinski definition) is 1. The zero-order valence-electron chi connectivity index (χ0n) is 14.6. The van der Waals surface area contributed by atoms with E-state index in [0.717, 1.165) is 29.0 Å². The van der Waals surface area contributed by atoms with Crippen LogP contribution in [-0.2, 0) is 13.0 Å². The third-order valence-electron chi connectivity index (χ3n) is 4.18. The quantitative estimate of drug-likeness (QED) is 0.626. The Hall–Kier alpha value is -3.27. The van der Waals surface area contributed by atoms with Crippen LogP contribution in [0.5, 0.6) is 11.5 Å². The molecule has 1 aliphatic heterocycles. The summed E-state index contributed by atoms with van der Waals surface area (Å²) in [6, 6.07) is 10.1. The summed E-state index contributed by atoms with van der Waals surface area (Å²) in [7, 11) is 0. The van der Waals surface area contributed by atoms with Gasteiger partial charge in [0.2, 0.25) is 0 Å². The van der Waals surface area contributed by atoms with E-state index in [1.807, 2.05) is 32.0 Å². The van der Waals surface area contributed by atoms with Crippen molar-refractivity contribution in [3.05, 3.63) is 57.1 Å². The van der Waals surface area contributed by atoms with Crippen molar-refractivity contribution in [1.29, 1.82) is 5.26 Å². The van der Waals surface area contributed by atoms with Crippen LogP contribution in [0.4, 0.5) is 11.4 Å². The van der Waals surface area contributed by atoms with E-state index < -0.39 is 4.92 Å². The minimum absolute atomic E-state index is 0.109. The summed E-state index contributed by atoms with van der Waals surface area (Å²) in [4.78, 5) is 10.3. The molecule has 0 aliphatic carbocycles. The highest BCUT2D eigenvalue weighted by Crippen LogP contribution is 2.35. The molecule has 7 nitrogen and oxygen atoms in total. The molecule has 2 aromatic carbocycles. The zero-order chi connectivity index (χ0) is 18.7. The van der Waals surface area contributed by atoms with Gasteiger partial charge in [-0.2, -0.15) is 5.26 Å². The van der Waals surface area contributed by atoms with E-state index in [0.29, 0.717) is 18.8 Å². The molecule has 26 heavy (non-hydrogen) atoms. The van der Waals surface area contributed by atoms with Crippen molar-refractivity contribution in [1.82, 2.24) is 0 Å². The van der Waals surface area contributed by atoms with Gasteiger partial charge in [-0.05, 0) is 32.0 Å². The minimum atomic E-state index is -0.517. The highest BCUT2D eigenvalue weighted by atomic mass is 16.6. The molecular formula is C19H19N3O4. The predicted molar refractivity (Wildman–Crippen MR) is 96.5 cm³/mol. The van der Waals surface area contributed by atoms with Gasteiger partial charge in [-0.15, -0.1) is 0 Å². The number of nitrogens with one attached hydrogen (secondary N) is 1. The van der Waals surface area contributed by atoms with Crippen LogP contribution in [0.15, 0.2) is 30.3 Å². The number of nitriles is 1. The van der Waals surface area contributed by atoms with Crippen LogP contribution < -0.4 is 14.8 Å². The van der Waals surface area contributed by atoms with Crippen molar-refractivity contribution >= 4 is 11.4 Å². The van der Waals surface area contributed by atoms with Gasteiger partial charge in [-0.25, -0.2) is 0 Å². The molecule has 0 saturated carbocycles. The number of hydrogen-bond acceptors (Lipinski definition) is 6. The molecule has 0 radical (unpaired) electrons. The van der Waals surface area contributed by atoms with E-state index in [1.165, 1.54) is 12.1 Å². The minimum Gasteiger partial charge on any atom is -0.494 e. The fraction of sp³-hybridized carbons (Fsp3) is 0.316. The molecule has 0 saturated heterocycles. The zero-order valence-corrected chi connectivity index (χ0v) is 14.6. The number of nitrogens with zero attached hydrogens (tertiary/aromatic N) is 2. The lowest BCUT2D eigenvalue weighted by Gasteiger charge is -2.14. The summed E-state index contributed by atoms with van der Waals surface area (Å²) in [5.74, 6) is 1.62. The van der Waals surface area contributed by atoms with Crippen molar-refractivity contribution < 1.29 is 14.4 Å². The molecule has 1 atom stereocenters. The number of anilines is 1. The van der Waals surface area contributed by atoms with Gasteiger partial charge >= 0.3 is 0 Å². The summed E-state index contributed by atoms with van der Waals surface area (Å²) in [5, 5.41) is 23.3. The summed E-state index contributed by atoms with van der Waals surface area (Å²) in [5.41, 5.74) is 2.68. The maximum atomic E-state index is 10.9. The highest BCUT2D eigenvalue weighted by molar-refractivity contribution is 5.62. The molecule has 1 N–H and O–H groups in total. The number of rotatable bonds is 6. The Balaban J connectivity index is 1.85. The maximum Gasteiger partial charge on any atom is 0.270 e. The van der Waals surface area contributed by atoms with Crippen LogP contribution in [-0.4, -0.2) is 17.6 Å². The second-order valence-electron chi connectivity index (χ2n) is 6.09. The van der Waals surface area contributed by atoms with Crippen LogP contribution >= 0.6 is 0 Å². The second-order valence-corrected chi connectivity index (χ2v) is 6.09. The van der Waals surface area contributed by atoms with E-state index in [9.17, 15) is 15.4 Å². The van der Waals surface area contributed by atoms with Gasteiger partial charge in [0.1, 0.15) is 23.7 Å². The fourth-order valence-corrected chi connectivity index (χ4v) is 2.99. The van der Waals surface area contributed by atoms with Crippen LogP contribution in [0, 0.1) is 21.4 Å². The van der Waals surface area contributed by atoms with Gasteiger partial charge < -0.3 is 14.8 Å². The Morgan fingerprint density at radius 2 is 2.23 bits per heavy atom. The largest absolute Gasteiger partial charge is 0.494 e. The van der Waals surface area contributed by atoms with Crippen LogP contribution in [0.25, 0.3) is 0 Å². The lowest BCUT2D eigenvalue weighted by Crippen LogP contribution is -2.06. The molecule has 1 aliphatic rings. The lowest BCUT2D eigenvalue weighted by atomic mass is 10.1. The highest BCUT2D eigenvalue weighted by Gasteiger charge is 2.22. The van der Waals surface area contributed by atoms with E-state index >= 15 is 0 Å². The fourth-order valence-electron chi connectivity index (χ4n) is 2.99. The Morgan fingerprint density at radius 1 is 1.42 bits per heavy atom. The van der Waals surface area contributed by atoms with Gasteiger partial charge in [0.25, 0.3) is 5.69 Å². The SMILES string of the molecule is CCOc1cc2c(cc1CNc1ccc([N+](=O)[O-])cc1C#N)O[C@@H](C)C2. The molecule has 0 aromatic heterocycles. The molecule has 0 unspecified atom stereocenters. The predicted octanol–water partition coefficient (Wildman–Crippen LogP) is 3.80. The van der Waals surface area contributed by atoms with Crippen molar-refractivity contribution in [2.24, 2.45) is 0 Å². The Labute approximate surface area is 151 Å². The van der Waals surface area contributed by atoms with Crippen molar-refractivity contribution in [2.75, 3.05) is 11.9 Å². The van der Waals surface area contributed by atoms with Crippen molar-refractivity contribution in [3.63, 3.8) is 0 Å². The van der Waals surface area contributed by atoms with Gasteiger partial charge in [-0.1, -0.05) is 0 Å². The summed E-state index contributed by atoms with van der Waals surface area (Å²) >= 11 is 0. The molecule has 0 fully saturated rings. The Morgan fingerprint density at radius 3 is 2.92 bits per heavy atom. The maximum absolute atomic E-state index is 10.9. The first-order chi connectivity index (χ1) is 12.5. The van der Waals surface area contributed by atoms with E-state index in [4.69, 9.17) is 9.47 Å². The summed E-state index contributed by atoms with van der Waals surface area (Å²) in [6.07, 6.45) is 0.992. The summed E-state index contributed by atoms with van der Waals surface area (Å²) in [6.45, 7) is 4.90. The van der Waals surface area contributed by atoms with Crippen molar-refractivity contribution in [2.45, 2.75) is 32.9 Å². The van der Waals surface area contributed by atoms with Crippen LogP contribution in [0.2, 0.25) is 0 Å². The molecule has 2 aromatic rings. The molecule has 0 bridgehead atoms. The molecule has 3 rings (SSSR count). The first-order valence-corrected chi connectivity index (χ1v) is 8.39. The summed E-state index contributed by atoms with van der Waals surface area (Å²) < 4.78 is 11.6. The Kier molecular flexibility index (Phi) is 4.94. The molecular weight excluding hydrogens is 334 g/mol. The van der Waals surface area contributed by atoms with Gasteiger partial charge in [0.15, 0.2) is 0 Å². The second kappa shape index (κ2) is 7.31. The van der Waals surface area contributed by atoms with Gasteiger partial charge in [-0.3, -0.25) is 10.1 Å². The average Bonchev–Trinajstić information content (AvgIpc) is 2.98. The number of fused-ring (bicyclic) bond motifs is 1. The first-order valence-electron chi connectivity index (χ1n) is 8.39. The van der Waals surface area contributed by atoms with Crippen molar-refractivity contribution in [3.8, 4) is 17.6 Å². The van der Waals surface area contributed by atoms with Crippen LogP contribution in [0.3, 0.4) is 0 Å². The topological polar surface area (TPSA) is 97.4 Å². The van der Waals surface area contributed by atoms with E-state index in [1.54, 1.807) is 6.07 Å². The molecule has 134 valence electrons. The number of non-ortho nitro benzene ring substituents is 1. The molecule has 1 heterocycles. The molecule has 7 heteroatoms. The van der Waals surface area contributed by atoms with Gasteiger partial charge in [0, 0.05) is 36.2 Å². The number of nitro benzene ring substituents is 1. The smallest absolute Gasteiger partial charge is 0.270 e.